The number of nitrogens with zero attached hydrogens (tertiary/aromatic N) is 1. The molecule has 0 radical (unpaired) electrons. The average Bonchev–Trinajstić information content (AvgIpc) is 2.69. The minimum atomic E-state index is 0.103. The smallest absolute Gasteiger partial charge is 0.254 e. The highest BCUT2D eigenvalue weighted by atomic mass is 16.2. The Kier molecular flexibility index (Phi) is 3.71. The van der Waals surface area contributed by atoms with Crippen molar-refractivity contribution in [2.45, 2.75) is 45.2 Å². The fourth-order valence-corrected chi connectivity index (χ4v) is 2.43. The predicted octanol–water partition coefficient (Wildman–Crippen LogP) is 2.37. The van der Waals surface area contributed by atoms with Gasteiger partial charge in [-0.15, -0.1) is 0 Å². The summed E-state index contributed by atoms with van der Waals surface area (Å²) < 4.78 is 0. The second-order valence-electron chi connectivity index (χ2n) is 5.47. The fraction of sp³-hybridized carbons (Fsp3) is 0.533. The third-order valence-corrected chi connectivity index (χ3v) is 3.90. The lowest BCUT2D eigenvalue weighted by Crippen LogP contribution is -2.40. The van der Waals surface area contributed by atoms with Gasteiger partial charge in [-0.1, -0.05) is 26.0 Å². The normalized spacial score (nSPS) is 23.7. The number of rotatable bonds is 2. The Labute approximate surface area is 109 Å². The minimum Gasteiger partial charge on any atom is -0.334 e. The highest BCUT2D eigenvalue weighted by Gasteiger charge is 2.31. The topological polar surface area (TPSA) is 46.3 Å². The van der Waals surface area contributed by atoms with Crippen LogP contribution in [0.5, 0.6) is 0 Å². The minimum absolute atomic E-state index is 0.103. The van der Waals surface area contributed by atoms with Crippen LogP contribution in [0.1, 0.15) is 49.0 Å². The first-order chi connectivity index (χ1) is 8.50. The number of nitrogens with two attached hydrogens (primary N) is 1. The zero-order chi connectivity index (χ0) is 13.3. The Morgan fingerprint density at radius 2 is 1.94 bits per heavy atom. The maximum atomic E-state index is 12.4. The van der Waals surface area contributed by atoms with Gasteiger partial charge in [-0.2, -0.15) is 0 Å². The molecule has 0 aromatic heterocycles. The van der Waals surface area contributed by atoms with Gasteiger partial charge in [0.25, 0.3) is 5.91 Å². The average molecular weight is 246 g/mol. The van der Waals surface area contributed by atoms with E-state index in [1.165, 1.54) is 5.56 Å². The van der Waals surface area contributed by atoms with Gasteiger partial charge >= 0.3 is 0 Å². The van der Waals surface area contributed by atoms with E-state index in [0.29, 0.717) is 5.92 Å². The molecular formula is C15H22N2O. The van der Waals surface area contributed by atoms with Gasteiger partial charge in [0.2, 0.25) is 0 Å². The lowest BCUT2D eigenvalue weighted by atomic mass is 10.0. The molecule has 1 fully saturated rings. The van der Waals surface area contributed by atoms with Crippen LogP contribution in [0.25, 0.3) is 0 Å². The summed E-state index contributed by atoms with van der Waals surface area (Å²) in [6.07, 6.45) is 0.900. The zero-order valence-electron chi connectivity index (χ0n) is 11.4. The largest absolute Gasteiger partial charge is 0.334 e. The van der Waals surface area contributed by atoms with Crippen LogP contribution in [0, 0.1) is 0 Å². The third kappa shape index (κ3) is 2.41. The Balaban J connectivity index is 2.14. The van der Waals surface area contributed by atoms with Crippen LogP contribution in [0.2, 0.25) is 0 Å². The summed E-state index contributed by atoms with van der Waals surface area (Å²) in [5.74, 6) is 0.596. The van der Waals surface area contributed by atoms with Crippen molar-refractivity contribution in [3.63, 3.8) is 0 Å². The van der Waals surface area contributed by atoms with E-state index in [0.717, 1.165) is 18.5 Å². The molecule has 1 amide bonds. The fourth-order valence-electron chi connectivity index (χ4n) is 2.43. The molecule has 2 atom stereocenters. The molecule has 2 rings (SSSR count). The van der Waals surface area contributed by atoms with Gasteiger partial charge in [-0.3, -0.25) is 4.79 Å². The molecule has 1 saturated heterocycles. The van der Waals surface area contributed by atoms with Gasteiger partial charge in [0.05, 0.1) is 0 Å². The van der Waals surface area contributed by atoms with Crippen LogP contribution in [-0.2, 0) is 0 Å². The summed E-state index contributed by atoms with van der Waals surface area (Å²) in [7, 11) is 0. The van der Waals surface area contributed by atoms with Crippen LogP contribution >= 0.6 is 0 Å². The van der Waals surface area contributed by atoms with Crippen molar-refractivity contribution >= 4 is 5.91 Å². The highest BCUT2D eigenvalue weighted by molar-refractivity contribution is 5.94. The molecule has 1 heterocycles. The van der Waals surface area contributed by atoms with Gasteiger partial charge in [-0.25, -0.2) is 0 Å². The molecule has 1 aromatic rings. The predicted molar refractivity (Wildman–Crippen MR) is 73.6 cm³/mol. The van der Waals surface area contributed by atoms with E-state index in [1.54, 1.807) is 0 Å². The molecule has 18 heavy (non-hydrogen) atoms. The van der Waals surface area contributed by atoms with Crippen LogP contribution < -0.4 is 5.73 Å². The number of carbonyl (C=O) groups excluding carboxylic acids is 1. The van der Waals surface area contributed by atoms with Crippen molar-refractivity contribution in [3.05, 3.63) is 35.4 Å². The number of likely N-dealkylation sites (tertiary alicyclic amines) is 1. The van der Waals surface area contributed by atoms with E-state index in [9.17, 15) is 4.79 Å². The van der Waals surface area contributed by atoms with Gasteiger partial charge in [0.1, 0.15) is 0 Å². The van der Waals surface area contributed by atoms with E-state index >= 15 is 0 Å². The molecule has 0 bridgehead atoms. The number of hydrogen-bond acceptors (Lipinski definition) is 2. The standard InChI is InChI=1S/C15H22N2O/c1-10(2)12-4-6-13(7-5-12)15(18)17-9-8-14(16)11(17)3/h4-7,10-11,14H,8-9,16H2,1-3H3. The number of benzene rings is 1. The summed E-state index contributed by atoms with van der Waals surface area (Å²) in [6.45, 7) is 7.10. The molecule has 98 valence electrons. The number of hydrogen-bond donors (Lipinski definition) is 1. The van der Waals surface area contributed by atoms with E-state index in [-0.39, 0.29) is 18.0 Å². The second-order valence-corrected chi connectivity index (χ2v) is 5.47. The van der Waals surface area contributed by atoms with Gasteiger partial charge in [0, 0.05) is 24.2 Å². The molecule has 1 aliphatic heterocycles. The summed E-state index contributed by atoms with van der Waals surface area (Å²) in [5.41, 5.74) is 7.98. The number of amides is 1. The Hall–Kier alpha value is -1.35. The Morgan fingerprint density at radius 1 is 1.33 bits per heavy atom. The lowest BCUT2D eigenvalue weighted by Gasteiger charge is -2.23. The number of carbonyl (C=O) groups is 1. The van der Waals surface area contributed by atoms with Crippen molar-refractivity contribution in [2.75, 3.05) is 6.54 Å². The highest BCUT2D eigenvalue weighted by Crippen LogP contribution is 2.20. The first-order valence-electron chi connectivity index (χ1n) is 6.67. The quantitative estimate of drug-likeness (QED) is 0.870. The molecule has 1 aliphatic rings. The summed E-state index contributed by atoms with van der Waals surface area (Å²) >= 11 is 0. The van der Waals surface area contributed by atoms with Crippen LogP contribution in [0.15, 0.2) is 24.3 Å². The van der Waals surface area contributed by atoms with Crippen LogP contribution in [0.4, 0.5) is 0 Å². The lowest BCUT2D eigenvalue weighted by molar-refractivity contribution is 0.0742. The van der Waals surface area contributed by atoms with Gasteiger partial charge in [0.15, 0.2) is 0 Å². The molecule has 0 spiro atoms. The van der Waals surface area contributed by atoms with Gasteiger partial charge in [-0.05, 0) is 37.0 Å². The summed E-state index contributed by atoms with van der Waals surface area (Å²) in [4.78, 5) is 14.2. The maximum absolute atomic E-state index is 12.4. The first-order valence-corrected chi connectivity index (χ1v) is 6.67. The van der Waals surface area contributed by atoms with Crippen molar-refractivity contribution in [1.82, 2.24) is 4.90 Å². The maximum Gasteiger partial charge on any atom is 0.254 e. The molecule has 1 aromatic carbocycles. The Bertz CT molecular complexity index is 425. The van der Waals surface area contributed by atoms with E-state index in [4.69, 9.17) is 5.73 Å². The van der Waals surface area contributed by atoms with E-state index in [1.807, 2.05) is 36.1 Å². The molecule has 0 saturated carbocycles. The molecular weight excluding hydrogens is 224 g/mol. The summed E-state index contributed by atoms with van der Waals surface area (Å²) in [5, 5.41) is 0. The van der Waals surface area contributed by atoms with E-state index in [2.05, 4.69) is 13.8 Å². The third-order valence-electron chi connectivity index (χ3n) is 3.90. The molecule has 2 unspecified atom stereocenters. The van der Waals surface area contributed by atoms with Crippen LogP contribution in [0.3, 0.4) is 0 Å². The van der Waals surface area contributed by atoms with Crippen molar-refractivity contribution in [3.8, 4) is 0 Å². The SMILES string of the molecule is CC(C)c1ccc(C(=O)N2CCC(N)C2C)cc1. The monoisotopic (exact) mass is 246 g/mol. The summed E-state index contributed by atoms with van der Waals surface area (Å²) in [6, 6.07) is 8.19. The molecule has 3 nitrogen and oxygen atoms in total. The van der Waals surface area contributed by atoms with Gasteiger partial charge < -0.3 is 10.6 Å². The molecule has 2 N–H and O–H groups in total. The molecule has 3 heteroatoms. The van der Waals surface area contributed by atoms with E-state index < -0.39 is 0 Å². The van der Waals surface area contributed by atoms with Crippen molar-refractivity contribution < 1.29 is 4.79 Å². The zero-order valence-corrected chi connectivity index (χ0v) is 11.4. The van der Waals surface area contributed by atoms with Crippen molar-refractivity contribution in [1.29, 1.82) is 0 Å². The van der Waals surface area contributed by atoms with Crippen molar-refractivity contribution in [2.24, 2.45) is 5.73 Å². The second kappa shape index (κ2) is 5.11. The first kappa shape index (κ1) is 13.1. The molecule has 0 aliphatic carbocycles. The Morgan fingerprint density at radius 3 is 2.39 bits per heavy atom. The van der Waals surface area contributed by atoms with Crippen LogP contribution in [-0.4, -0.2) is 29.4 Å².